The smallest absolute Gasteiger partial charge is 0.223 e. The van der Waals surface area contributed by atoms with Crippen LogP contribution in [0.4, 0.5) is 0 Å². The van der Waals surface area contributed by atoms with E-state index in [1.807, 2.05) is 26.1 Å². The minimum absolute atomic E-state index is 0.306. The lowest BCUT2D eigenvalue weighted by molar-refractivity contribution is 0.0370. The van der Waals surface area contributed by atoms with Gasteiger partial charge in [0.1, 0.15) is 12.0 Å². The van der Waals surface area contributed by atoms with Crippen molar-refractivity contribution in [1.82, 2.24) is 30.0 Å². The van der Waals surface area contributed by atoms with Gasteiger partial charge in [0.2, 0.25) is 5.82 Å². The Morgan fingerprint density at radius 3 is 2.65 bits per heavy atom. The molecule has 2 heterocycles. The second kappa shape index (κ2) is 6.09. The Morgan fingerprint density at radius 2 is 2.00 bits per heavy atom. The van der Waals surface area contributed by atoms with Crippen molar-refractivity contribution in [2.24, 2.45) is 7.05 Å². The summed E-state index contributed by atoms with van der Waals surface area (Å²) in [5.74, 6) is 0.461. The van der Waals surface area contributed by atoms with Gasteiger partial charge in [-0.2, -0.15) is 5.10 Å². The van der Waals surface area contributed by atoms with E-state index < -0.39 is 0 Å². The molecule has 118 valence electrons. The Labute approximate surface area is 132 Å². The zero-order chi connectivity index (χ0) is 16.4. The van der Waals surface area contributed by atoms with E-state index in [1.54, 1.807) is 30.1 Å². The lowest BCUT2D eigenvalue weighted by Crippen LogP contribution is -2.10. The van der Waals surface area contributed by atoms with Crippen LogP contribution < -0.4 is 0 Å². The fourth-order valence-corrected chi connectivity index (χ4v) is 2.22. The van der Waals surface area contributed by atoms with Crippen molar-refractivity contribution >= 4 is 6.29 Å². The Balaban J connectivity index is 2.04. The highest BCUT2D eigenvalue weighted by Crippen LogP contribution is 2.29. The van der Waals surface area contributed by atoms with Gasteiger partial charge in [0, 0.05) is 25.3 Å². The van der Waals surface area contributed by atoms with Crippen molar-refractivity contribution < 1.29 is 9.53 Å². The third kappa shape index (κ3) is 2.76. The van der Waals surface area contributed by atoms with Crippen molar-refractivity contribution in [2.45, 2.75) is 13.2 Å². The maximum atomic E-state index is 10.8. The average Bonchev–Trinajstić information content (AvgIpc) is 3.20. The number of rotatable bonds is 5. The standard InChI is InChI=1S/C15H16N6O2/c1-10(23-3)21-18-15(17-19-21)14-13(8-16-20(14)2)12-6-4-11(9-22)5-7-12/h4-10H,1-3H3. The Hall–Kier alpha value is -2.87. The number of carbonyl (C=O) groups excluding carboxylic acids is 1. The molecule has 0 spiro atoms. The van der Waals surface area contributed by atoms with Crippen LogP contribution in [0.5, 0.6) is 0 Å². The highest BCUT2D eigenvalue weighted by molar-refractivity contribution is 5.80. The topological polar surface area (TPSA) is 87.7 Å². The average molecular weight is 312 g/mol. The van der Waals surface area contributed by atoms with E-state index in [-0.39, 0.29) is 6.23 Å². The molecule has 23 heavy (non-hydrogen) atoms. The van der Waals surface area contributed by atoms with Crippen LogP contribution in [-0.4, -0.2) is 43.4 Å². The summed E-state index contributed by atoms with van der Waals surface area (Å²) in [5, 5.41) is 16.7. The van der Waals surface area contributed by atoms with Gasteiger partial charge in [0.05, 0.1) is 6.20 Å². The normalized spacial score (nSPS) is 12.3. The number of tetrazole rings is 1. The molecule has 1 unspecified atom stereocenters. The molecule has 0 bridgehead atoms. The molecule has 0 aliphatic rings. The summed E-state index contributed by atoms with van der Waals surface area (Å²) < 4.78 is 6.88. The summed E-state index contributed by atoms with van der Waals surface area (Å²) in [5.41, 5.74) is 3.17. The molecule has 1 aromatic carbocycles. The van der Waals surface area contributed by atoms with Gasteiger partial charge in [-0.05, 0) is 17.7 Å². The van der Waals surface area contributed by atoms with Crippen LogP contribution in [0.15, 0.2) is 30.5 Å². The number of benzene rings is 1. The zero-order valence-electron chi connectivity index (χ0n) is 13.0. The van der Waals surface area contributed by atoms with Crippen LogP contribution in [0.2, 0.25) is 0 Å². The highest BCUT2D eigenvalue weighted by Gasteiger charge is 2.18. The lowest BCUT2D eigenvalue weighted by atomic mass is 10.0. The van der Waals surface area contributed by atoms with Crippen LogP contribution in [-0.2, 0) is 11.8 Å². The lowest BCUT2D eigenvalue weighted by Gasteiger charge is -2.06. The molecule has 0 saturated heterocycles. The number of nitrogens with zero attached hydrogens (tertiary/aromatic N) is 6. The summed E-state index contributed by atoms with van der Waals surface area (Å²) in [4.78, 5) is 12.2. The quantitative estimate of drug-likeness (QED) is 0.667. The minimum Gasteiger partial charge on any atom is -0.358 e. The molecule has 0 saturated carbocycles. The first kappa shape index (κ1) is 15.0. The third-order valence-electron chi connectivity index (χ3n) is 3.60. The number of ether oxygens (including phenoxy) is 1. The largest absolute Gasteiger partial charge is 0.358 e. The highest BCUT2D eigenvalue weighted by atomic mass is 16.5. The van der Waals surface area contributed by atoms with Crippen molar-refractivity contribution in [1.29, 1.82) is 0 Å². The van der Waals surface area contributed by atoms with Crippen LogP contribution in [0.1, 0.15) is 23.5 Å². The number of aromatic nitrogens is 6. The van der Waals surface area contributed by atoms with E-state index in [2.05, 4.69) is 20.5 Å². The molecule has 3 aromatic rings. The number of aldehydes is 1. The van der Waals surface area contributed by atoms with Gasteiger partial charge in [0.25, 0.3) is 0 Å². The van der Waals surface area contributed by atoms with E-state index >= 15 is 0 Å². The number of carbonyl (C=O) groups is 1. The van der Waals surface area contributed by atoms with Gasteiger partial charge in [-0.15, -0.1) is 15.0 Å². The summed E-state index contributed by atoms with van der Waals surface area (Å²) in [6.07, 6.45) is 2.25. The van der Waals surface area contributed by atoms with Gasteiger partial charge in [-0.1, -0.05) is 24.3 Å². The number of methoxy groups -OCH3 is 1. The molecular weight excluding hydrogens is 296 g/mol. The molecule has 1 atom stereocenters. The number of hydrogen-bond donors (Lipinski definition) is 0. The van der Waals surface area contributed by atoms with Crippen molar-refractivity contribution in [3.63, 3.8) is 0 Å². The Kier molecular flexibility index (Phi) is 3.98. The van der Waals surface area contributed by atoms with Crippen LogP contribution in [0.3, 0.4) is 0 Å². The molecular formula is C15H16N6O2. The van der Waals surface area contributed by atoms with Gasteiger partial charge in [-0.3, -0.25) is 9.48 Å². The van der Waals surface area contributed by atoms with Crippen molar-refractivity contribution in [3.05, 3.63) is 36.0 Å². The molecule has 0 fully saturated rings. The summed E-state index contributed by atoms with van der Waals surface area (Å²) in [6.45, 7) is 1.83. The van der Waals surface area contributed by atoms with E-state index in [0.29, 0.717) is 11.4 Å². The first-order valence-corrected chi connectivity index (χ1v) is 7.04. The van der Waals surface area contributed by atoms with Gasteiger partial charge in [0.15, 0.2) is 6.23 Å². The van der Waals surface area contributed by atoms with E-state index in [0.717, 1.165) is 23.1 Å². The molecule has 3 rings (SSSR count). The first-order chi connectivity index (χ1) is 11.1. The summed E-state index contributed by atoms with van der Waals surface area (Å²) >= 11 is 0. The Morgan fingerprint density at radius 1 is 1.26 bits per heavy atom. The molecule has 0 N–H and O–H groups in total. The molecule has 0 radical (unpaired) electrons. The zero-order valence-corrected chi connectivity index (χ0v) is 13.0. The second-order valence-corrected chi connectivity index (χ2v) is 5.04. The minimum atomic E-state index is -0.306. The predicted octanol–water partition coefficient (Wildman–Crippen LogP) is 1.72. The molecule has 0 amide bonds. The molecule has 8 nitrogen and oxygen atoms in total. The molecule has 8 heteroatoms. The van der Waals surface area contributed by atoms with E-state index in [9.17, 15) is 4.79 Å². The molecule has 0 aliphatic heterocycles. The van der Waals surface area contributed by atoms with Gasteiger partial charge < -0.3 is 4.74 Å². The number of aryl methyl sites for hydroxylation is 1. The monoisotopic (exact) mass is 312 g/mol. The van der Waals surface area contributed by atoms with E-state index in [1.165, 1.54) is 4.80 Å². The van der Waals surface area contributed by atoms with Gasteiger partial charge >= 0.3 is 0 Å². The maximum Gasteiger partial charge on any atom is 0.223 e. The van der Waals surface area contributed by atoms with Gasteiger partial charge in [-0.25, -0.2) is 0 Å². The van der Waals surface area contributed by atoms with E-state index in [4.69, 9.17) is 4.74 Å². The number of hydrogen-bond acceptors (Lipinski definition) is 6. The molecule has 2 aromatic heterocycles. The van der Waals surface area contributed by atoms with Crippen LogP contribution >= 0.6 is 0 Å². The fraction of sp³-hybridized carbons (Fsp3) is 0.267. The van der Waals surface area contributed by atoms with Crippen molar-refractivity contribution in [3.8, 4) is 22.6 Å². The summed E-state index contributed by atoms with van der Waals surface area (Å²) in [7, 11) is 3.40. The Bertz CT molecular complexity index is 821. The molecule has 0 aliphatic carbocycles. The summed E-state index contributed by atoms with van der Waals surface area (Å²) in [6, 6.07) is 7.26. The predicted molar refractivity (Wildman–Crippen MR) is 82.6 cm³/mol. The maximum absolute atomic E-state index is 10.8. The third-order valence-corrected chi connectivity index (χ3v) is 3.60. The SMILES string of the molecule is COC(C)n1nnc(-c2c(-c3ccc(C=O)cc3)cnn2C)n1. The van der Waals surface area contributed by atoms with Crippen molar-refractivity contribution in [2.75, 3.05) is 7.11 Å². The second-order valence-electron chi connectivity index (χ2n) is 5.04. The fourth-order valence-electron chi connectivity index (χ4n) is 2.22. The van der Waals surface area contributed by atoms with Crippen LogP contribution in [0.25, 0.3) is 22.6 Å². The first-order valence-electron chi connectivity index (χ1n) is 7.04. The van der Waals surface area contributed by atoms with Crippen LogP contribution in [0, 0.1) is 0 Å².